The number of aromatic nitrogens is 1. The molecule has 5 nitrogen and oxygen atoms in total. The van der Waals surface area contributed by atoms with Gasteiger partial charge < -0.3 is 9.47 Å². The van der Waals surface area contributed by atoms with Crippen LogP contribution in [0.2, 0.25) is 0 Å². The molecule has 1 amide bonds. The van der Waals surface area contributed by atoms with Crippen LogP contribution in [0.5, 0.6) is 0 Å². The van der Waals surface area contributed by atoms with Gasteiger partial charge >= 0.3 is 0 Å². The summed E-state index contributed by atoms with van der Waals surface area (Å²) in [5.74, 6) is -0.230. The van der Waals surface area contributed by atoms with Crippen molar-refractivity contribution in [2.45, 2.75) is 20.8 Å². The number of hydrazone groups is 1. The second-order valence-corrected chi connectivity index (χ2v) is 8.40. The third kappa shape index (κ3) is 4.70. The topological polar surface area (TPSA) is 49.6 Å². The number of anilines is 1. The van der Waals surface area contributed by atoms with E-state index in [1.807, 2.05) is 37.2 Å². The number of aryl methyl sites for hydroxylation is 2. The van der Waals surface area contributed by atoms with Crippen LogP contribution in [-0.2, 0) is 0 Å². The van der Waals surface area contributed by atoms with E-state index < -0.39 is 0 Å². The Kier molecular flexibility index (Phi) is 6.42. The minimum atomic E-state index is -0.230. The number of carbonyl (C=O) groups excluding carboxylic acids is 1. The molecule has 0 atom stereocenters. The fraction of sp³-hybridized carbons (Fsp3) is 0.217. The molecule has 3 rings (SSSR count). The standard InChI is InChI=1S/C23H25IN4O/c1-15-11-21(9-10-22(15)24)28-16(2)12-19(17(28)3)14-25-26-23(29)18-7-6-8-20(13-18)27(4)5/h6-14H,1-5H3,(H,26,29)/b25-14-. The first-order valence-corrected chi connectivity index (χ1v) is 10.4. The third-order valence-electron chi connectivity index (χ3n) is 4.86. The van der Waals surface area contributed by atoms with Crippen molar-refractivity contribution in [1.29, 1.82) is 0 Å². The summed E-state index contributed by atoms with van der Waals surface area (Å²) in [5, 5.41) is 4.18. The molecule has 0 bridgehead atoms. The molecule has 29 heavy (non-hydrogen) atoms. The highest BCUT2D eigenvalue weighted by atomic mass is 127. The molecule has 3 aromatic rings. The highest BCUT2D eigenvalue weighted by Gasteiger charge is 2.11. The first-order chi connectivity index (χ1) is 13.8. The van der Waals surface area contributed by atoms with Crippen molar-refractivity contribution < 1.29 is 4.79 Å². The Hall–Kier alpha value is -2.61. The monoisotopic (exact) mass is 500 g/mol. The van der Waals surface area contributed by atoms with Crippen LogP contribution in [0.25, 0.3) is 5.69 Å². The number of carbonyl (C=O) groups is 1. The maximum atomic E-state index is 12.4. The molecule has 0 saturated heterocycles. The molecule has 2 aromatic carbocycles. The second kappa shape index (κ2) is 8.82. The smallest absolute Gasteiger partial charge is 0.271 e. The van der Waals surface area contributed by atoms with Crippen molar-refractivity contribution in [2.75, 3.05) is 19.0 Å². The van der Waals surface area contributed by atoms with E-state index in [4.69, 9.17) is 0 Å². The van der Waals surface area contributed by atoms with Gasteiger partial charge in [-0.2, -0.15) is 5.10 Å². The van der Waals surface area contributed by atoms with Gasteiger partial charge in [0.1, 0.15) is 0 Å². The lowest BCUT2D eigenvalue weighted by Crippen LogP contribution is -2.18. The molecular weight excluding hydrogens is 475 g/mol. The maximum Gasteiger partial charge on any atom is 0.271 e. The first-order valence-electron chi connectivity index (χ1n) is 9.34. The zero-order valence-electron chi connectivity index (χ0n) is 17.3. The van der Waals surface area contributed by atoms with E-state index >= 15 is 0 Å². The molecule has 0 aliphatic rings. The number of amides is 1. The summed E-state index contributed by atoms with van der Waals surface area (Å²) < 4.78 is 3.45. The Morgan fingerprint density at radius 1 is 1.10 bits per heavy atom. The van der Waals surface area contributed by atoms with Gasteiger partial charge in [-0.1, -0.05) is 6.07 Å². The van der Waals surface area contributed by atoms with Gasteiger partial charge in [-0.25, -0.2) is 5.43 Å². The Morgan fingerprint density at radius 2 is 1.86 bits per heavy atom. The van der Waals surface area contributed by atoms with Crippen molar-refractivity contribution in [2.24, 2.45) is 5.10 Å². The second-order valence-electron chi connectivity index (χ2n) is 7.24. The van der Waals surface area contributed by atoms with Gasteiger partial charge in [0.25, 0.3) is 5.91 Å². The average molecular weight is 500 g/mol. The van der Waals surface area contributed by atoms with E-state index in [-0.39, 0.29) is 5.91 Å². The minimum absolute atomic E-state index is 0.230. The van der Waals surface area contributed by atoms with E-state index in [0.717, 1.165) is 28.3 Å². The largest absolute Gasteiger partial charge is 0.378 e. The Balaban J connectivity index is 1.79. The number of benzene rings is 2. The molecule has 0 aliphatic carbocycles. The van der Waals surface area contributed by atoms with Crippen LogP contribution in [0.3, 0.4) is 0 Å². The van der Waals surface area contributed by atoms with Crippen LogP contribution in [0.1, 0.15) is 32.9 Å². The van der Waals surface area contributed by atoms with E-state index in [1.165, 1.54) is 9.13 Å². The molecule has 1 aromatic heterocycles. The summed E-state index contributed by atoms with van der Waals surface area (Å²) in [7, 11) is 3.89. The molecule has 0 radical (unpaired) electrons. The molecular formula is C23H25IN4O. The predicted molar refractivity (Wildman–Crippen MR) is 129 cm³/mol. The number of hydrogen-bond acceptors (Lipinski definition) is 3. The van der Waals surface area contributed by atoms with E-state index in [1.54, 1.807) is 12.3 Å². The summed E-state index contributed by atoms with van der Waals surface area (Å²) in [5.41, 5.74) is 9.72. The lowest BCUT2D eigenvalue weighted by Gasteiger charge is -2.12. The first kappa shape index (κ1) is 21.1. The summed E-state index contributed by atoms with van der Waals surface area (Å²) in [6.07, 6.45) is 1.70. The molecule has 0 spiro atoms. The highest BCUT2D eigenvalue weighted by molar-refractivity contribution is 14.1. The Labute approximate surface area is 185 Å². The highest BCUT2D eigenvalue weighted by Crippen LogP contribution is 2.22. The molecule has 1 heterocycles. The summed E-state index contributed by atoms with van der Waals surface area (Å²) in [6, 6.07) is 16.0. The number of rotatable bonds is 5. The minimum Gasteiger partial charge on any atom is -0.378 e. The molecule has 150 valence electrons. The van der Waals surface area contributed by atoms with Crippen LogP contribution in [0, 0.1) is 24.3 Å². The molecule has 0 aliphatic heterocycles. The number of nitrogens with zero attached hydrogens (tertiary/aromatic N) is 3. The van der Waals surface area contributed by atoms with Gasteiger partial charge in [-0.3, -0.25) is 4.79 Å². The van der Waals surface area contributed by atoms with E-state index in [0.29, 0.717) is 5.56 Å². The maximum absolute atomic E-state index is 12.4. The van der Waals surface area contributed by atoms with Crippen LogP contribution in [-0.4, -0.2) is 30.8 Å². The van der Waals surface area contributed by atoms with Gasteiger partial charge in [0.05, 0.1) is 6.21 Å². The van der Waals surface area contributed by atoms with Crippen molar-refractivity contribution in [3.8, 4) is 5.69 Å². The van der Waals surface area contributed by atoms with Crippen LogP contribution in [0.15, 0.2) is 53.6 Å². The average Bonchev–Trinajstić information content (AvgIpc) is 2.97. The van der Waals surface area contributed by atoms with Gasteiger partial charge in [-0.15, -0.1) is 0 Å². The van der Waals surface area contributed by atoms with Crippen LogP contribution >= 0.6 is 22.6 Å². The summed E-state index contributed by atoms with van der Waals surface area (Å²) in [6.45, 7) is 6.25. The van der Waals surface area contributed by atoms with Gasteiger partial charge in [0, 0.05) is 51.6 Å². The molecule has 0 unspecified atom stereocenters. The van der Waals surface area contributed by atoms with Gasteiger partial charge in [0.2, 0.25) is 0 Å². The van der Waals surface area contributed by atoms with Crippen molar-refractivity contribution in [3.63, 3.8) is 0 Å². The Morgan fingerprint density at radius 3 is 2.55 bits per heavy atom. The number of hydrogen-bond donors (Lipinski definition) is 1. The van der Waals surface area contributed by atoms with Gasteiger partial charge in [0.15, 0.2) is 0 Å². The molecule has 0 saturated carbocycles. The summed E-state index contributed by atoms with van der Waals surface area (Å²) in [4.78, 5) is 14.4. The quantitative estimate of drug-likeness (QED) is 0.310. The van der Waals surface area contributed by atoms with Crippen LogP contribution in [0.4, 0.5) is 5.69 Å². The molecule has 6 heteroatoms. The van der Waals surface area contributed by atoms with Crippen LogP contribution < -0.4 is 10.3 Å². The zero-order chi connectivity index (χ0) is 21.1. The zero-order valence-corrected chi connectivity index (χ0v) is 19.5. The SMILES string of the molecule is Cc1cc(-n2c(C)cc(/C=N\NC(=O)c3cccc(N(C)C)c3)c2C)ccc1I. The lowest BCUT2D eigenvalue weighted by atomic mass is 10.2. The van der Waals surface area contributed by atoms with E-state index in [2.05, 4.69) is 82.7 Å². The predicted octanol–water partition coefficient (Wildman–Crippen LogP) is 4.84. The fourth-order valence-electron chi connectivity index (χ4n) is 3.23. The van der Waals surface area contributed by atoms with E-state index in [9.17, 15) is 4.79 Å². The Bertz CT molecular complexity index is 1080. The number of halogens is 1. The summed E-state index contributed by atoms with van der Waals surface area (Å²) >= 11 is 2.34. The fourth-order valence-corrected chi connectivity index (χ4v) is 3.57. The normalized spacial score (nSPS) is 11.1. The van der Waals surface area contributed by atoms with Gasteiger partial charge in [-0.05, 0) is 91.4 Å². The molecule has 0 fully saturated rings. The van der Waals surface area contributed by atoms with Crippen molar-refractivity contribution in [3.05, 3.63) is 80.2 Å². The van der Waals surface area contributed by atoms with Crippen molar-refractivity contribution >= 4 is 40.4 Å². The number of nitrogens with one attached hydrogen (secondary N) is 1. The third-order valence-corrected chi connectivity index (χ3v) is 6.07. The van der Waals surface area contributed by atoms with Crippen molar-refractivity contribution in [1.82, 2.24) is 9.99 Å². The molecule has 1 N–H and O–H groups in total. The lowest BCUT2D eigenvalue weighted by molar-refractivity contribution is 0.0955.